The fourth-order valence-corrected chi connectivity index (χ4v) is 3.29. The van der Waals surface area contributed by atoms with E-state index in [9.17, 15) is 0 Å². The van der Waals surface area contributed by atoms with Gasteiger partial charge in [0.25, 0.3) is 0 Å². The predicted octanol–water partition coefficient (Wildman–Crippen LogP) is 3.00. The number of nitrogens with one attached hydrogen (secondary N) is 1. The summed E-state index contributed by atoms with van der Waals surface area (Å²) in [4.78, 5) is 0. The normalized spacial score (nSPS) is 27.6. The number of rotatable bonds is 2. The molecule has 17 heavy (non-hydrogen) atoms. The Morgan fingerprint density at radius 1 is 1.35 bits per heavy atom. The number of para-hydroxylation sites is 1. The van der Waals surface area contributed by atoms with Gasteiger partial charge in [-0.15, -0.1) is 0 Å². The summed E-state index contributed by atoms with van der Waals surface area (Å²) >= 11 is 0. The highest BCUT2D eigenvalue weighted by atomic mass is 16.5. The number of hydrogen-bond donors (Lipinski definition) is 1. The minimum Gasteiger partial charge on any atom is -0.493 e. The van der Waals surface area contributed by atoms with Gasteiger partial charge in [-0.05, 0) is 44.2 Å². The van der Waals surface area contributed by atoms with Crippen LogP contribution in [0.5, 0.6) is 5.75 Å². The summed E-state index contributed by atoms with van der Waals surface area (Å²) in [5, 5.41) is 3.71. The fraction of sp³-hybridized carbons (Fsp3) is 0.600. The first-order valence-electron chi connectivity index (χ1n) is 6.86. The van der Waals surface area contributed by atoms with Crippen molar-refractivity contribution in [2.75, 3.05) is 13.2 Å². The van der Waals surface area contributed by atoms with Crippen LogP contribution in [-0.4, -0.2) is 13.2 Å². The second kappa shape index (κ2) is 4.34. The number of fused-ring (bicyclic) bond motifs is 1. The molecular weight excluding hydrogens is 210 g/mol. The van der Waals surface area contributed by atoms with Crippen LogP contribution in [0, 0.1) is 0 Å². The molecule has 2 nitrogen and oxygen atoms in total. The lowest BCUT2D eigenvalue weighted by molar-refractivity contribution is 0.269. The molecular formula is C15H21NO. The molecule has 1 aromatic rings. The zero-order chi connectivity index (χ0) is 11.7. The molecule has 1 atom stereocenters. The lowest BCUT2D eigenvalue weighted by Gasteiger charge is -2.33. The molecule has 0 saturated carbocycles. The first-order chi connectivity index (χ1) is 8.36. The molecule has 1 unspecified atom stereocenters. The van der Waals surface area contributed by atoms with Crippen LogP contribution in [0.2, 0.25) is 0 Å². The fourth-order valence-electron chi connectivity index (χ4n) is 3.29. The molecule has 0 spiro atoms. The van der Waals surface area contributed by atoms with Crippen LogP contribution in [0.4, 0.5) is 0 Å². The highest BCUT2D eigenvalue weighted by Crippen LogP contribution is 2.41. The average Bonchev–Trinajstić information content (AvgIpc) is 2.88. The molecule has 0 amide bonds. The smallest absolute Gasteiger partial charge is 0.127 e. The van der Waals surface area contributed by atoms with Crippen molar-refractivity contribution in [3.05, 3.63) is 29.3 Å². The summed E-state index contributed by atoms with van der Waals surface area (Å²) in [6.45, 7) is 4.29. The van der Waals surface area contributed by atoms with Gasteiger partial charge in [0, 0.05) is 11.1 Å². The standard InChI is InChI=1S/C15H21NO/c1-2-15(9-5-10-16-15)13-8-3-6-12-7-4-11-17-14(12)13/h3,6,8,16H,2,4-5,7,9-11H2,1H3. The molecule has 0 aromatic heterocycles. The van der Waals surface area contributed by atoms with Gasteiger partial charge in [0.05, 0.1) is 6.61 Å². The Morgan fingerprint density at radius 3 is 3.06 bits per heavy atom. The Bertz CT molecular complexity index is 407. The maximum absolute atomic E-state index is 5.95. The molecule has 2 heteroatoms. The Labute approximate surface area is 103 Å². The van der Waals surface area contributed by atoms with E-state index in [-0.39, 0.29) is 5.54 Å². The van der Waals surface area contributed by atoms with Crippen molar-refractivity contribution >= 4 is 0 Å². The van der Waals surface area contributed by atoms with Crippen LogP contribution in [0.25, 0.3) is 0 Å². The SMILES string of the molecule is CCC1(c2cccc3c2OCCC3)CCCN1. The summed E-state index contributed by atoms with van der Waals surface area (Å²) in [7, 11) is 0. The zero-order valence-electron chi connectivity index (χ0n) is 10.6. The zero-order valence-corrected chi connectivity index (χ0v) is 10.6. The molecule has 2 aliphatic rings. The average molecular weight is 231 g/mol. The topological polar surface area (TPSA) is 21.3 Å². The van der Waals surface area contributed by atoms with E-state index in [1.54, 1.807) is 0 Å². The number of aryl methyl sites for hydroxylation is 1. The summed E-state index contributed by atoms with van der Waals surface area (Å²) in [5.41, 5.74) is 2.97. The first-order valence-corrected chi connectivity index (χ1v) is 6.86. The van der Waals surface area contributed by atoms with E-state index in [0.717, 1.165) is 26.0 Å². The van der Waals surface area contributed by atoms with Crippen LogP contribution < -0.4 is 10.1 Å². The molecule has 0 radical (unpaired) electrons. The van der Waals surface area contributed by atoms with Gasteiger partial charge < -0.3 is 10.1 Å². The van der Waals surface area contributed by atoms with Crippen molar-refractivity contribution < 1.29 is 4.74 Å². The summed E-state index contributed by atoms with van der Waals surface area (Å²) < 4.78 is 5.95. The monoisotopic (exact) mass is 231 g/mol. The summed E-state index contributed by atoms with van der Waals surface area (Å²) in [6, 6.07) is 6.67. The van der Waals surface area contributed by atoms with Crippen LogP contribution in [0.1, 0.15) is 43.7 Å². The van der Waals surface area contributed by atoms with Gasteiger partial charge in [0.2, 0.25) is 0 Å². The minimum absolute atomic E-state index is 0.169. The van der Waals surface area contributed by atoms with E-state index in [1.165, 1.54) is 36.1 Å². The maximum atomic E-state index is 5.95. The summed E-state index contributed by atoms with van der Waals surface area (Å²) in [5.74, 6) is 1.18. The minimum atomic E-state index is 0.169. The van der Waals surface area contributed by atoms with Crippen LogP contribution in [-0.2, 0) is 12.0 Å². The molecule has 92 valence electrons. The van der Waals surface area contributed by atoms with Gasteiger partial charge in [-0.25, -0.2) is 0 Å². The molecule has 1 N–H and O–H groups in total. The predicted molar refractivity (Wildman–Crippen MR) is 69.5 cm³/mol. The van der Waals surface area contributed by atoms with E-state index in [2.05, 4.69) is 30.4 Å². The molecule has 1 fully saturated rings. The molecule has 1 aromatic carbocycles. The van der Waals surface area contributed by atoms with Crippen LogP contribution >= 0.6 is 0 Å². The Kier molecular flexibility index (Phi) is 2.83. The lowest BCUT2D eigenvalue weighted by Crippen LogP contribution is -2.37. The quantitative estimate of drug-likeness (QED) is 0.845. The van der Waals surface area contributed by atoms with Crippen molar-refractivity contribution in [2.45, 2.75) is 44.6 Å². The lowest BCUT2D eigenvalue weighted by atomic mass is 9.83. The van der Waals surface area contributed by atoms with Crippen molar-refractivity contribution in [3.63, 3.8) is 0 Å². The van der Waals surface area contributed by atoms with Crippen molar-refractivity contribution in [1.82, 2.24) is 5.32 Å². The van der Waals surface area contributed by atoms with E-state index in [4.69, 9.17) is 4.74 Å². The van der Waals surface area contributed by atoms with Crippen molar-refractivity contribution in [3.8, 4) is 5.75 Å². The third kappa shape index (κ3) is 1.75. The van der Waals surface area contributed by atoms with E-state index >= 15 is 0 Å². The molecule has 2 heterocycles. The number of benzene rings is 1. The Morgan fingerprint density at radius 2 is 2.29 bits per heavy atom. The highest BCUT2D eigenvalue weighted by Gasteiger charge is 2.36. The maximum Gasteiger partial charge on any atom is 0.127 e. The molecule has 1 saturated heterocycles. The summed E-state index contributed by atoms with van der Waals surface area (Å²) in [6.07, 6.45) is 5.99. The third-order valence-corrected chi connectivity index (χ3v) is 4.30. The van der Waals surface area contributed by atoms with E-state index in [0.29, 0.717) is 0 Å². The largest absolute Gasteiger partial charge is 0.493 e. The third-order valence-electron chi connectivity index (χ3n) is 4.30. The number of hydrogen-bond acceptors (Lipinski definition) is 2. The second-order valence-electron chi connectivity index (χ2n) is 5.21. The van der Waals surface area contributed by atoms with Crippen LogP contribution in [0.3, 0.4) is 0 Å². The molecule has 2 aliphatic heterocycles. The van der Waals surface area contributed by atoms with E-state index < -0.39 is 0 Å². The number of ether oxygens (including phenoxy) is 1. The van der Waals surface area contributed by atoms with Crippen molar-refractivity contribution in [1.29, 1.82) is 0 Å². The van der Waals surface area contributed by atoms with Gasteiger partial charge in [-0.1, -0.05) is 25.1 Å². The second-order valence-corrected chi connectivity index (χ2v) is 5.21. The van der Waals surface area contributed by atoms with Gasteiger partial charge in [-0.3, -0.25) is 0 Å². The van der Waals surface area contributed by atoms with Gasteiger partial charge in [0.15, 0.2) is 0 Å². The molecule has 0 bridgehead atoms. The van der Waals surface area contributed by atoms with Gasteiger partial charge >= 0.3 is 0 Å². The Hall–Kier alpha value is -1.02. The van der Waals surface area contributed by atoms with Crippen molar-refractivity contribution in [2.24, 2.45) is 0 Å². The van der Waals surface area contributed by atoms with Gasteiger partial charge in [0.1, 0.15) is 5.75 Å². The van der Waals surface area contributed by atoms with Crippen LogP contribution in [0.15, 0.2) is 18.2 Å². The van der Waals surface area contributed by atoms with E-state index in [1.807, 2.05) is 0 Å². The Balaban J connectivity index is 2.07. The highest BCUT2D eigenvalue weighted by molar-refractivity contribution is 5.47. The first kappa shape index (κ1) is 11.1. The molecule has 0 aliphatic carbocycles. The molecule has 3 rings (SSSR count). The van der Waals surface area contributed by atoms with Gasteiger partial charge in [-0.2, -0.15) is 0 Å².